The highest BCUT2D eigenvalue weighted by molar-refractivity contribution is 6.30. The molecule has 2 atom stereocenters. The smallest absolute Gasteiger partial charge is 0.412 e. The number of carbonyl (C=O) groups is 4. The van der Waals surface area contributed by atoms with Crippen molar-refractivity contribution in [3.63, 3.8) is 0 Å². The number of hydrogen-bond donors (Lipinski definition) is 3. The summed E-state index contributed by atoms with van der Waals surface area (Å²) in [4.78, 5) is 52.4. The van der Waals surface area contributed by atoms with Gasteiger partial charge in [-0.15, -0.1) is 0 Å². The summed E-state index contributed by atoms with van der Waals surface area (Å²) in [5, 5.41) is 8.42. The summed E-state index contributed by atoms with van der Waals surface area (Å²) in [6.45, 7) is 0.331. The van der Waals surface area contributed by atoms with Gasteiger partial charge in [0.25, 0.3) is 5.91 Å². The Hall–Kier alpha value is -4.64. The monoisotopic (exact) mass is 580 g/mol. The Morgan fingerprint density at radius 2 is 1.85 bits per heavy atom. The van der Waals surface area contributed by atoms with Gasteiger partial charge in [-0.05, 0) is 60.2 Å². The van der Waals surface area contributed by atoms with Crippen LogP contribution in [0.15, 0.2) is 66.7 Å². The van der Waals surface area contributed by atoms with Gasteiger partial charge in [0.1, 0.15) is 11.9 Å². The topological polar surface area (TPSA) is 126 Å². The van der Waals surface area contributed by atoms with Gasteiger partial charge in [-0.3, -0.25) is 20.2 Å². The number of benzene rings is 3. The van der Waals surface area contributed by atoms with Crippen molar-refractivity contribution in [1.29, 1.82) is 0 Å². The Kier molecular flexibility index (Phi) is 7.80. The molecule has 1 fully saturated rings. The summed E-state index contributed by atoms with van der Waals surface area (Å²) in [6, 6.07) is 15.8. The minimum atomic E-state index is -1.09. The van der Waals surface area contributed by atoms with Crippen LogP contribution in [0.1, 0.15) is 27.9 Å². The molecule has 3 aromatic carbocycles. The molecule has 3 aromatic rings. The molecule has 0 unspecified atom stereocenters. The third kappa shape index (κ3) is 6.09. The summed E-state index contributed by atoms with van der Waals surface area (Å²) in [5.41, 5.74) is 1.45. The second-order valence-electron chi connectivity index (χ2n) is 9.76. The van der Waals surface area contributed by atoms with E-state index in [2.05, 4.69) is 20.7 Å². The number of carbonyl (C=O) groups excluding carboxylic acids is 4. The summed E-state index contributed by atoms with van der Waals surface area (Å²) in [5.74, 6) is -1.33. The highest BCUT2D eigenvalue weighted by Crippen LogP contribution is 2.43. The van der Waals surface area contributed by atoms with Gasteiger partial charge in [0.15, 0.2) is 5.60 Å². The van der Waals surface area contributed by atoms with Gasteiger partial charge in [0.2, 0.25) is 5.91 Å². The number of nitrogens with one attached hydrogen (secondary N) is 3. The number of likely N-dealkylation sites (tertiary alicyclic amines) is 1. The molecule has 0 aliphatic carbocycles. The molecule has 1 saturated heterocycles. The van der Waals surface area contributed by atoms with Gasteiger partial charge in [-0.2, -0.15) is 0 Å². The molecule has 0 bridgehead atoms. The Morgan fingerprint density at radius 3 is 2.56 bits per heavy atom. The fourth-order valence-corrected chi connectivity index (χ4v) is 5.21. The predicted octanol–water partition coefficient (Wildman–Crippen LogP) is 4.69. The van der Waals surface area contributed by atoms with Crippen molar-refractivity contribution in [1.82, 2.24) is 10.2 Å². The number of nitrogens with zero attached hydrogens (tertiary/aromatic N) is 1. The van der Waals surface area contributed by atoms with Crippen LogP contribution in [0, 0.1) is 5.82 Å². The minimum absolute atomic E-state index is 0.0658. The first kappa shape index (κ1) is 27.9. The molecule has 10 nitrogen and oxygen atoms in total. The lowest BCUT2D eigenvalue weighted by Crippen LogP contribution is -2.50. The third-order valence-electron chi connectivity index (χ3n) is 7.08. The molecule has 2 heterocycles. The number of amides is 4. The zero-order valence-electron chi connectivity index (χ0n) is 21.9. The van der Waals surface area contributed by atoms with Crippen LogP contribution in [-0.4, -0.2) is 55.1 Å². The van der Waals surface area contributed by atoms with Crippen molar-refractivity contribution in [3.8, 4) is 0 Å². The van der Waals surface area contributed by atoms with Crippen molar-refractivity contribution in [2.75, 3.05) is 30.8 Å². The quantitative estimate of drug-likeness (QED) is 0.388. The van der Waals surface area contributed by atoms with E-state index in [-0.39, 0.29) is 31.0 Å². The van der Waals surface area contributed by atoms with E-state index in [1.807, 2.05) is 0 Å². The average molecular weight is 581 g/mol. The second kappa shape index (κ2) is 11.5. The van der Waals surface area contributed by atoms with Gasteiger partial charge in [-0.25, -0.2) is 14.0 Å². The van der Waals surface area contributed by atoms with Crippen molar-refractivity contribution in [2.45, 2.75) is 24.5 Å². The lowest BCUT2D eigenvalue weighted by atomic mass is 9.90. The predicted molar refractivity (Wildman–Crippen MR) is 148 cm³/mol. The number of ether oxygens (including phenoxy) is 2. The summed E-state index contributed by atoms with van der Waals surface area (Å²) in [7, 11) is 1.24. The number of hydrogen-bond acceptors (Lipinski definition) is 6. The van der Waals surface area contributed by atoms with Crippen LogP contribution >= 0.6 is 11.6 Å². The van der Waals surface area contributed by atoms with Crippen LogP contribution in [0.5, 0.6) is 0 Å². The first-order chi connectivity index (χ1) is 19.7. The van der Waals surface area contributed by atoms with Crippen molar-refractivity contribution in [3.05, 3.63) is 94.3 Å². The third-order valence-corrected chi connectivity index (χ3v) is 7.31. The minimum Gasteiger partial charge on any atom is -0.453 e. The molecule has 4 amide bonds. The van der Waals surface area contributed by atoms with Crippen LogP contribution in [0.3, 0.4) is 0 Å². The molecule has 3 N–H and O–H groups in total. The molecule has 0 aromatic heterocycles. The number of halogens is 2. The zero-order chi connectivity index (χ0) is 29.1. The van der Waals surface area contributed by atoms with Crippen LogP contribution in [-0.2, 0) is 26.3 Å². The summed E-state index contributed by atoms with van der Waals surface area (Å²) in [6.07, 6.45) is -0.846. The van der Waals surface area contributed by atoms with Gasteiger partial charge in [0.05, 0.1) is 19.3 Å². The first-order valence-corrected chi connectivity index (χ1v) is 13.1. The van der Waals surface area contributed by atoms with E-state index in [4.69, 9.17) is 16.3 Å². The number of methoxy groups -OCH3 is 1. The summed E-state index contributed by atoms with van der Waals surface area (Å²) >= 11 is 6.23. The maximum atomic E-state index is 13.9. The standard InChI is InChI=1S/C29H26ClFN4O6/c1-40-27(38)32-21-9-4-18(5-10-21)25(36)33-24(14-17-2-7-20(31)8-3-17)26(37)35-13-12-29(16-35)22-15-19(30)6-11-23(22)34-28(39)41-29/h2-11,15,24H,12-14,16H2,1H3,(H,32,38)(H,33,36)(H,34,39)/t24-,29-/m0/s1. The van der Waals surface area contributed by atoms with E-state index in [1.165, 1.54) is 43.5 Å². The van der Waals surface area contributed by atoms with Crippen molar-refractivity contribution < 1.29 is 33.0 Å². The first-order valence-electron chi connectivity index (χ1n) is 12.7. The largest absolute Gasteiger partial charge is 0.453 e. The van der Waals surface area contributed by atoms with E-state index in [0.29, 0.717) is 33.9 Å². The average Bonchev–Trinajstić information content (AvgIpc) is 3.38. The van der Waals surface area contributed by atoms with Crippen LogP contribution < -0.4 is 16.0 Å². The molecule has 212 valence electrons. The van der Waals surface area contributed by atoms with Crippen LogP contribution in [0.25, 0.3) is 0 Å². The Labute approximate surface area is 239 Å². The fourth-order valence-electron chi connectivity index (χ4n) is 5.04. The molecule has 0 saturated carbocycles. The SMILES string of the molecule is COC(=O)Nc1ccc(C(=O)N[C@@H](Cc2ccc(F)cc2)C(=O)N2CC[C@@]3(C2)OC(=O)Nc2ccc(Cl)cc23)cc1. The number of fused-ring (bicyclic) bond motifs is 2. The maximum absolute atomic E-state index is 13.9. The Bertz CT molecular complexity index is 1500. The molecule has 0 radical (unpaired) electrons. The molecule has 5 rings (SSSR count). The van der Waals surface area contributed by atoms with Gasteiger partial charge in [-0.1, -0.05) is 23.7 Å². The Morgan fingerprint density at radius 1 is 1.12 bits per heavy atom. The van der Waals surface area contributed by atoms with Crippen molar-refractivity contribution in [2.24, 2.45) is 0 Å². The number of rotatable bonds is 6. The van der Waals surface area contributed by atoms with Gasteiger partial charge < -0.3 is 19.7 Å². The highest BCUT2D eigenvalue weighted by Gasteiger charge is 2.49. The van der Waals surface area contributed by atoms with Crippen LogP contribution in [0.2, 0.25) is 5.02 Å². The van der Waals surface area contributed by atoms with Crippen LogP contribution in [0.4, 0.5) is 25.4 Å². The lowest BCUT2D eigenvalue weighted by molar-refractivity contribution is -0.133. The van der Waals surface area contributed by atoms with Gasteiger partial charge in [0, 0.05) is 41.2 Å². The lowest BCUT2D eigenvalue weighted by Gasteiger charge is -2.35. The molecule has 2 aliphatic heterocycles. The molecular weight excluding hydrogens is 555 g/mol. The zero-order valence-corrected chi connectivity index (χ0v) is 22.7. The van der Waals surface area contributed by atoms with E-state index in [1.54, 1.807) is 35.2 Å². The molecule has 41 heavy (non-hydrogen) atoms. The normalized spacial score (nSPS) is 18.1. The fraction of sp³-hybridized carbons (Fsp3) is 0.241. The highest BCUT2D eigenvalue weighted by atomic mass is 35.5. The molecule has 1 spiro atoms. The van der Waals surface area contributed by atoms with E-state index >= 15 is 0 Å². The molecule has 2 aliphatic rings. The summed E-state index contributed by atoms with van der Waals surface area (Å²) < 4.78 is 23.8. The van der Waals surface area contributed by atoms with E-state index in [9.17, 15) is 23.6 Å². The molecular formula is C29H26ClFN4O6. The van der Waals surface area contributed by atoms with E-state index in [0.717, 1.165) is 0 Å². The second-order valence-corrected chi connectivity index (χ2v) is 10.2. The molecule has 12 heteroatoms. The van der Waals surface area contributed by atoms with E-state index < -0.39 is 35.6 Å². The van der Waals surface area contributed by atoms with Gasteiger partial charge >= 0.3 is 12.2 Å². The maximum Gasteiger partial charge on any atom is 0.412 e. The number of anilines is 2. The Balaban J connectivity index is 1.37. The van der Waals surface area contributed by atoms with Crippen molar-refractivity contribution >= 4 is 47.0 Å².